The Labute approximate surface area is 62.5 Å². The molecule has 0 aromatic rings. The molecule has 0 N–H and O–H groups in total. The lowest BCUT2D eigenvalue weighted by Gasteiger charge is -1.95. The third-order valence-electron chi connectivity index (χ3n) is 0.850. The molecule has 58 valence electrons. The van der Waals surface area contributed by atoms with Crippen molar-refractivity contribution in [3.63, 3.8) is 0 Å². The Balaban J connectivity index is 4.19. The van der Waals surface area contributed by atoms with E-state index in [1.165, 1.54) is 18.8 Å². The van der Waals surface area contributed by atoms with Crippen LogP contribution in [0.2, 0.25) is 0 Å². The Hall–Kier alpha value is -0.640. The van der Waals surface area contributed by atoms with Gasteiger partial charge in [0.05, 0.1) is 7.11 Å². The average Bonchev–Trinajstić information content (AvgIpc) is 1.85. The average molecular weight is 162 g/mol. The van der Waals surface area contributed by atoms with Crippen molar-refractivity contribution in [3.8, 4) is 0 Å². The largest absolute Gasteiger partial charge is 0.466 e. The van der Waals surface area contributed by atoms with Gasteiger partial charge in [0.25, 0.3) is 0 Å². The van der Waals surface area contributed by atoms with Gasteiger partial charge in [0.1, 0.15) is 0 Å². The molecule has 10 heavy (non-hydrogen) atoms. The first-order chi connectivity index (χ1) is 4.57. The third kappa shape index (κ3) is 3.40. The summed E-state index contributed by atoms with van der Waals surface area (Å²) in [6, 6.07) is 0. The van der Waals surface area contributed by atoms with Crippen LogP contribution in [0.4, 0.5) is 0 Å². The Morgan fingerprint density at radius 3 is 2.40 bits per heavy atom. The predicted octanol–water partition coefficient (Wildman–Crippen LogP) is 0.442. The molecule has 0 spiro atoms. The summed E-state index contributed by atoms with van der Waals surface area (Å²) in [5, 5.41) is 1.35. The molecule has 0 amide bonds. The van der Waals surface area contributed by atoms with Crippen LogP contribution in [0, 0.1) is 0 Å². The van der Waals surface area contributed by atoms with Crippen LogP contribution in [0.15, 0.2) is 11.0 Å². The van der Waals surface area contributed by atoms with E-state index in [1.54, 1.807) is 6.92 Å². The SMILES string of the molecule is COC(=O)/C(C)=C/S(C)=O. The van der Waals surface area contributed by atoms with Crippen molar-refractivity contribution in [1.29, 1.82) is 0 Å². The molecule has 0 saturated carbocycles. The van der Waals surface area contributed by atoms with Crippen LogP contribution in [-0.4, -0.2) is 23.5 Å². The summed E-state index contributed by atoms with van der Waals surface area (Å²) in [5.41, 5.74) is 0.378. The zero-order chi connectivity index (χ0) is 8.15. The highest BCUT2D eigenvalue weighted by atomic mass is 32.2. The van der Waals surface area contributed by atoms with Crippen molar-refractivity contribution in [2.75, 3.05) is 13.4 Å². The van der Waals surface area contributed by atoms with E-state index in [-0.39, 0.29) is 0 Å². The maximum atomic E-state index is 10.6. The number of carbonyl (C=O) groups excluding carboxylic acids is 1. The second-order valence-corrected chi connectivity index (χ2v) is 3.02. The highest BCUT2D eigenvalue weighted by Crippen LogP contribution is 1.95. The maximum absolute atomic E-state index is 10.6. The van der Waals surface area contributed by atoms with Crippen molar-refractivity contribution in [2.24, 2.45) is 0 Å². The molecule has 0 fully saturated rings. The van der Waals surface area contributed by atoms with E-state index in [0.29, 0.717) is 5.57 Å². The van der Waals surface area contributed by atoms with Gasteiger partial charge < -0.3 is 4.74 Å². The third-order valence-corrected chi connectivity index (χ3v) is 1.54. The highest BCUT2D eigenvalue weighted by Gasteiger charge is 2.01. The molecule has 0 bridgehead atoms. The molecule has 0 aromatic carbocycles. The number of hydrogen-bond acceptors (Lipinski definition) is 3. The molecule has 0 radical (unpaired) electrons. The van der Waals surface area contributed by atoms with Gasteiger partial charge in [-0.3, -0.25) is 4.21 Å². The lowest BCUT2D eigenvalue weighted by atomic mass is 10.4. The van der Waals surface area contributed by atoms with E-state index in [0.717, 1.165) is 0 Å². The molecule has 3 nitrogen and oxygen atoms in total. The number of carbonyl (C=O) groups is 1. The second-order valence-electron chi connectivity index (χ2n) is 1.79. The fourth-order valence-corrected chi connectivity index (χ4v) is 1.05. The number of esters is 1. The highest BCUT2D eigenvalue weighted by molar-refractivity contribution is 7.87. The van der Waals surface area contributed by atoms with Crippen LogP contribution in [-0.2, 0) is 20.3 Å². The summed E-state index contributed by atoms with van der Waals surface area (Å²) in [4.78, 5) is 10.6. The first-order valence-electron chi connectivity index (χ1n) is 2.67. The first kappa shape index (κ1) is 9.36. The molecule has 0 rings (SSSR count). The van der Waals surface area contributed by atoms with Crippen molar-refractivity contribution >= 4 is 16.8 Å². The molecule has 0 saturated heterocycles. The monoisotopic (exact) mass is 162 g/mol. The molecule has 0 aromatic heterocycles. The van der Waals surface area contributed by atoms with Gasteiger partial charge in [0.2, 0.25) is 0 Å². The molecule has 1 unspecified atom stereocenters. The summed E-state index contributed by atoms with van der Waals surface area (Å²) in [6.45, 7) is 1.56. The van der Waals surface area contributed by atoms with E-state index in [1.807, 2.05) is 0 Å². The maximum Gasteiger partial charge on any atom is 0.334 e. The summed E-state index contributed by atoms with van der Waals surface area (Å²) < 4.78 is 14.9. The van der Waals surface area contributed by atoms with Crippen LogP contribution in [0.1, 0.15) is 6.92 Å². The van der Waals surface area contributed by atoms with Crippen molar-refractivity contribution < 1.29 is 13.7 Å². The minimum Gasteiger partial charge on any atom is -0.466 e. The van der Waals surface area contributed by atoms with Gasteiger partial charge in [-0.05, 0) is 6.92 Å². The van der Waals surface area contributed by atoms with Gasteiger partial charge in [-0.15, -0.1) is 0 Å². The van der Waals surface area contributed by atoms with E-state index in [2.05, 4.69) is 4.74 Å². The van der Waals surface area contributed by atoms with Crippen molar-refractivity contribution in [2.45, 2.75) is 6.92 Å². The fourth-order valence-electron chi connectivity index (χ4n) is 0.458. The normalized spacial score (nSPS) is 14.5. The minimum absolute atomic E-state index is 0.378. The summed E-state index contributed by atoms with van der Waals surface area (Å²) in [6.07, 6.45) is 1.49. The molecule has 0 aliphatic heterocycles. The lowest BCUT2D eigenvalue weighted by Crippen LogP contribution is -2.02. The Bertz CT molecular complexity index is 183. The first-order valence-corrected chi connectivity index (χ1v) is 4.29. The molecule has 0 heterocycles. The van der Waals surface area contributed by atoms with E-state index in [4.69, 9.17) is 0 Å². The summed E-state index contributed by atoms with van der Waals surface area (Å²) in [7, 11) is 0.209. The molecular weight excluding hydrogens is 152 g/mol. The van der Waals surface area contributed by atoms with Crippen LogP contribution in [0.5, 0.6) is 0 Å². The Kier molecular flexibility index (Phi) is 3.95. The van der Waals surface area contributed by atoms with Gasteiger partial charge in [-0.25, -0.2) is 4.79 Å². The topological polar surface area (TPSA) is 43.4 Å². The van der Waals surface area contributed by atoms with Gasteiger partial charge in [-0.2, -0.15) is 0 Å². The zero-order valence-electron chi connectivity index (χ0n) is 6.21. The molecule has 1 atom stereocenters. The summed E-state index contributed by atoms with van der Waals surface area (Å²) in [5.74, 6) is -0.435. The Morgan fingerprint density at radius 1 is 1.60 bits per heavy atom. The van der Waals surface area contributed by atoms with Crippen molar-refractivity contribution in [1.82, 2.24) is 0 Å². The van der Waals surface area contributed by atoms with Gasteiger partial charge in [0.15, 0.2) is 0 Å². The van der Waals surface area contributed by atoms with E-state index >= 15 is 0 Å². The second kappa shape index (κ2) is 4.22. The zero-order valence-corrected chi connectivity index (χ0v) is 7.03. The number of rotatable bonds is 2. The number of hydrogen-bond donors (Lipinski definition) is 0. The minimum atomic E-state index is -1.08. The van der Waals surface area contributed by atoms with Gasteiger partial charge in [0, 0.05) is 28.0 Å². The van der Waals surface area contributed by atoms with Crippen LogP contribution < -0.4 is 0 Å². The van der Waals surface area contributed by atoms with Crippen LogP contribution >= 0.6 is 0 Å². The predicted molar refractivity (Wildman–Crippen MR) is 39.8 cm³/mol. The number of ether oxygens (including phenoxy) is 1. The van der Waals surface area contributed by atoms with Crippen molar-refractivity contribution in [3.05, 3.63) is 11.0 Å². The summed E-state index contributed by atoms with van der Waals surface area (Å²) >= 11 is 0. The van der Waals surface area contributed by atoms with Crippen LogP contribution in [0.3, 0.4) is 0 Å². The van der Waals surface area contributed by atoms with Crippen LogP contribution in [0.25, 0.3) is 0 Å². The molecule has 4 heteroatoms. The fraction of sp³-hybridized carbons (Fsp3) is 0.500. The Morgan fingerprint density at radius 2 is 2.10 bits per heavy atom. The molecular formula is C6H10O3S. The van der Waals surface area contributed by atoms with E-state index < -0.39 is 16.8 Å². The standard InChI is InChI=1S/C6H10O3S/c1-5(4-10(3)8)6(7)9-2/h4H,1-3H3/b5-4+. The molecule has 0 aliphatic rings. The smallest absolute Gasteiger partial charge is 0.334 e. The quantitative estimate of drug-likeness (QED) is 0.437. The molecule has 0 aliphatic carbocycles. The van der Waals surface area contributed by atoms with Gasteiger partial charge >= 0.3 is 5.97 Å². The number of methoxy groups -OCH3 is 1. The van der Waals surface area contributed by atoms with Gasteiger partial charge in [-0.1, -0.05) is 0 Å². The lowest BCUT2D eigenvalue weighted by molar-refractivity contribution is -0.136. The van der Waals surface area contributed by atoms with E-state index in [9.17, 15) is 9.00 Å².